The van der Waals surface area contributed by atoms with Gasteiger partial charge in [-0.1, -0.05) is 11.6 Å². The molecule has 0 aromatic carbocycles. The number of aliphatic imine (C=N–C) groups is 1. The number of nitrogens with two attached hydrogens (primary N) is 2. The molecule has 0 radical (unpaired) electrons. The third-order valence-corrected chi connectivity index (χ3v) is 5.55. The molecule has 6 N–H and O–H groups in total. The van der Waals surface area contributed by atoms with Crippen LogP contribution >= 0.6 is 11.6 Å². The van der Waals surface area contributed by atoms with E-state index in [4.69, 9.17) is 23.1 Å². The highest BCUT2D eigenvalue weighted by molar-refractivity contribution is 6.31. The fourth-order valence-electron chi connectivity index (χ4n) is 3.60. The molecule has 4 heterocycles. The van der Waals surface area contributed by atoms with Crippen molar-refractivity contribution in [2.45, 2.75) is 24.9 Å². The van der Waals surface area contributed by atoms with Gasteiger partial charge in [-0.2, -0.15) is 4.99 Å². The van der Waals surface area contributed by atoms with E-state index in [9.17, 15) is 4.79 Å². The van der Waals surface area contributed by atoms with Crippen molar-refractivity contribution >= 4 is 35.1 Å². The third-order valence-electron chi connectivity index (χ3n) is 5.27. The largest absolute Gasteiger partial charge is 0.382 e. The molecule has 2 saturated heterocycles. The number of pyridine rings is 1. The highest BCUT2D eigenvalue weighted by Gasteiger charge is 2.39. The highest BCUT2D eigenvalue weighted by Crippen LogP contribution is 2.25. The van der Waals surface area contributed by atoms with Crippen LogP contribution in [0, 0.1) is 0 Å². The molecule has 0 bridgehead atoms. The second kappa shape index (κ2) is 7.80. The number of halogens is 1. The van der Waals surface area contributed by atoms with Gasteiger partial charge in [-0.25, -0.2) is 9.97 Å². The lowest BCUT2D eigenvalue weighted by atomic mass is 9.88. The Hall–Kier alpha value is -2.98. The Balaban J connectivity index is 1.38. The van der Waals surface area contributed by atoms with Crippen molar-refractivity contribution in [1.29, 1.82) is 0 Å². The molecule has 2 aromatic heterocycles. The molecule has 152 valence electrons. The van der Waals surface area contributed by atoms with Crippen LogP contribution in [0.1, 0.15) is 28.9 Å². The Morgan fingerprint density at radius 3 is 2.66 bits per heavy atom. The normalized spacial score (nSPS) is 19.8. The van der Waals surface area contributed by atoms with Crippen LogP contribution in [0.25, 0.3) is 0 Å². The smallest absolute Gasteiger partial charge is 0.302 e. The number of anilines is 2. The van der Waals surface area contributed by atoms with Gasteiger partial charge in [-0.3, -0.25) is 14.7 Å². The minimum absolute atomic E-state index is 0.0250. The summed E-state index contributed by atoms with van der Waals surface area (Å²) in [7, 11) is 0. The van der Waals surface area contributed by atoms with Crippen molar-refractivity contribution in [1.82, 2.24) is 30.5 Å². The number of guanidine groups is 1. The first-order chi connectivity index (χ1) is 13.9. The number of nitrogen functional groups attached to an aromatic ring is 2. The number of hydrogen-bond acceptors (Lipinski definition) is 7. The van der Waals surface area contributed by atoms with Crippen LogP contribution in [0.5, 0.6) is 0 Å². The number of likely N-dealkylation sites (tertiary alicyclic amines) is 1. The number of hydrogen-bond donors (Lipinski definition) is 4. The minimum atomic E-state index is -0.626. The van der Waals surface area contributed by atoms with Gasteiger partial charge in [-0.05, 0) is 30.5 Å². The average molecular weight is 416 g/mol. The summed E-state index contributed by atoms with van der Waals surface area (Å²) in [6, 6.07) is 4.07. The van der Waals surface area contributed by atoms with Gasteiger partial charge in [0.1, 0.15) is 0 Å². The lowest BCUT2D eigenvalue weighted by Crippen LogP contribution is -2.52. The first-order valence-electron chi connectivity index (χ1n) is 9.29. The molecular formula is C18H22ClN9O. The van der Waals surface area contributed by atoms with E-state index in [-0.39, 0.29) is 28.0 Å². The van der Waals surface area contributed by atoms with Crippen LogP contribution in [-0.4, -0.2) is 56.9 Å². The number of carbonyl (C=O) groups excluding carboxylic acids is 1. The molecule has 2 aromatic rings. The number of piperidine rings is 1. The van der Waals surface area contributed by atoms with Gasteiger partial charge in [0.25, 0.3) is 0 Å². The lowest BCUT2D eigenvalue weighted by Gasteiger charge is -2.38. The Morgan fingerprint density at radius 1 is 1.21 bits per heavy atom. The molecule has 1 spiro atoms. The molecule has 2 aliphatic heterocycles. The average Bonchev–Trinajstić information content (AvgIpc) is 3.09. The summed E-state index contributed by atoms with van der Waals surface area (Å²) < 4.78 is 0. The standard InChI is InChI=1S/C18H22ClN9O/c19-13-15(21)25-14(20)12(24-13)16(29)26-17-23-10-18(27-17)3-7-28(8-4-18)9-11-1-5-22-6-2-11/h1-2,5-6H,3-4,7-10H2,(H4,20,21,25)(H2,23,26,27,29). The quantitative estimate of drug-likeness (QED) is 0.559. The second-order valence-corrected chi connectivity index (χ2v) is 7.65. The van der Waals surface area contributed by atoms with Crippen molar-refractivity contribution in [3.05, 3.63) is 40.9 Å². The zero-order valence-corrected chi connectivity index (χ0v) is 16.5. The Bertz CT molecular complexity index is 942. The second-order valence-electron chi connectivity index (χ2n) is 7.29. The van der Waals surface area contributed by atoms with E-state index in [1.165, 1.54) is 5.56 Å². The van der Waals surface area contributed by atoms with E-state index < -0.39 is 5.91 Å². The maximum absolute atomic E-state index is 12.4. The van der Waals surface area contributed by atoms with E-state index in [1.807, 2.05) is 24.5 Å². The topological polar surface area (TPSA) is 147 Å². The van der Waals surface area contributed by atoms with Crippen molar-refractivity contribution in [3.63, 3.8) is 0 Å². The number of nitrogens with one attached hydrogen (secondary N) is 2. The number of amides is 1. The van der Waals surface area contributed by atoms with E-state index in [2.05, 4.69) is 35.5 Å². The molecule has 0 unspecified atom stereocenters. The molecule has 29 heavy (non-hydrogen) atoms. The number of rotatable bonds is 3. The van der Waals surface area contributed by atoms with E-state index >= 15 is 0 Å². The molecule has 10 nitrogen and oxygen atoms in total. The van der Waals surface area contributed by atoms with Crippen LogP contribution in [0.4, 0.5) is 11.6 Å². The Labute approximate surface area is 172 Å². The molecule has 2 fully saturated rings. The molecule has 0 aliphatic carbocycles. The van der Waals surface area contributed by atoms with E-state index in [0.717, 1.165) is 32.5 Å². The van der Waals surface area contributed by atoms with Gasteiger partial charge < -0.3 is 22.1 Å². The Morgan fingerprint density at radius 2 is 1.93 bits per heavy atom. The van der Waals surface area contributed by atoms with Crippen molar-refractivity contribution < 1.29 is 4.79 Å². The molecule has 11 heteroatoms. The highest BCUT2D eigenvalue weighted by atomic mass is 35.5. The predicted octanol–water partition coefficient (Wildman–Crippen LogP) is 0.413. The summed E-state index contributed by atoms with van der Waals surface area (Å²) in [4.78, 5) is 30.7. The maximum Gasteiger partial charge on any atom is 0.302 e. The zero-order valence-electron chi connectivity index (χ0n) is 15.7. The molecular weight excluding hydrogens is 394 g/mol. The maximum atomic E-state index is 12.4. The van der Waals surface area contributed by atoms with Crippen LogP contribution in [0.2, 0.25) is 5.15 Å². The SMILES string of the molecule is Nc1nc(N)c(C(=O)/N=C2\NCC3(CCN(Cc4ccncc4)CC3)N2)nc1Cl. The van der Waals surface area contributed by atoms with Crippen molar-refractivity contribution in [3.8, 4) is 0 Å². The lowest BCUT2D eigenvalue weighted by molar-refractivity contribution is 0.0998. The number of carbonyl (C=O) groups is 1. The first-order valence-corrected chi connectivity index (χ1v) is 9.67. The van der Waals surface area contributed by atoms with Gasteiger partial charge >= 0.3 is 5.91 Å². The van der Waals surface area contributed by atoms with Crippen molar-refractivity contribution in [2.24, 2.45) is 4.99 Å². The fraction of sp³-hybridized carbons (Fsp3) is 0.389. The van der Waals surface area contributed by atoms with Crippen LogP contribution < -0.4 is 22.1 Å². The zero-order chi connectivity index (χ0) is 20.4. The molecule has 0 saturated carbocycles. The summed E-state index contributed by atoms with van der Waals surface area (Å²) in [6.45, 7) is 3.50. The number of nitrogens with zero attached hydrogens (tertiary/aromatic N) is 5. The fourth-order valence-corrected chi connectivity index (χ4v) is 3.73. The summed E-state index contributed by atoms with van der Waals surface area (Å²) in [6.07, 6.45) is 5.50. The molecule has 2 aliphatic rings. The molecule has 1 amide bonds. The summed E-state index contributed by atoms with van der Waals surface area (Å²) in [5.74, 6) is -0.341. The summed E-state index contributed by atoms with van der Waals surface area (Å²) in [5.41, 5.74) is 12.3. The summed E-state index contributed by atoms with van der Waals surface area (Å²) in [5, 5.41) is 6.47. The summed E-state index contributed by atoms with van der Waals surface area (Å²) >= 11 is 5.84. The van der Waals surface area contributed by atoms with Gasteiger partial charge in [-0.15, -0.1) is 0 Å². The first kappa shape index (κ1) is 19.3. The Kier molecular flexibility index (Phi) is 5.20. The van der Waals surface area contributed by atoms with Gasteiger partial charge in [0, 0.05) is 38.6 Å². The van der Waals surface area contributed by atoms with Crippen LogP contribution in [-0.2, 0) is 6.54 Å². The molecule has 0 atom stereocenters. The van der Waals surface area contributed by atoms with Crippen LogP contribution in [0.15, 0.2) is 29.5 Å². The van der Waals surface area contributed by atoms with Gasteiger partial charge in [0.15, 0.2) is 28.4 Å². The molecule has 4 rings (SSSR count). The van der Waals surface area contributed by atoms with E-state index in [1.54, 1.807) is 0 Å². The third kappa shape index (κ3) is 4.22. The van der Waals surface area contributed by atoms with E-state index in [0.29, 0.717) is 12.5 Å². The monoisotopic (exact) mass is 415 g/mol. The number of aromatic nitrogens is 3. The minimum Gasteiger partial charge on any atom is -0.382 e. The van der Waals surface area contributed by atoms with Gasteiger partial charge in [0.2, 0.25) is 0 Å². The van der Waals surface area contributed by atoms with Gasteiger partial charge in [0.05, 0.1) is 5.54 Å². The predicted molar refractivity (Wildman–Crippen MR) is 110 cm³/mol. The van der Waals surface area contributed by atoms with Crippen LogP contribution in [0.3, 0.4) is 0 Å². The van der Waals surface area contributed by atoms with Crippen molar-refractivity contribution in [2.75, 3.05) is 31.1 Å².